The normalized spacial score (nSPS) is 17.1. The van der Waals surface area contributed by atoms with Gasteiger partial charge in [0.25, 0.3) is 0 Å². The van der Waals surface area contributed by atoms with Crippen molar-refractivity contribution in [2.75, 3.05) is 0 Å². The van der Waals surface area contributed by atoms with Crippen LogP contribution >= 0.6 is 27.5 Å². The maximum atomic E-state index is 9.08. The fraction of sp³-hybridized carbons (Fsp3) is 0.364. The van der Waals surface area contributed by atoms with Crippen LogP contribution in [0.5, 0.6) is 0 Å². The summed E-state index contributed by atoms with van der Waals surface area (Å²) in [6.45, 7) is 0. The molecule has 1 saturated carbocycles. The van der Waals surface area contributed by atoms with E-state index in [1.807, 2.05) is 12.1 Å². The molecule has 0 bridgehead atoms. The highest BCUT2D eigenvalue weighted by atomic mass is 79.9. The summed E-state index contributed by atoms with van der Waals surface area (Å²) in [6, 6.07) is 8.04. The number of benzene rings is 1. The van der Waals surface area contributed by atoms with Crippen molar-refractivity contribution in [3.8, 4) is 6.07 Å². The lowest BCUT2D eigenvalue weighted by Crippen LogP contribution is -2.22. The standard InChI is InChI=1S/C11H10BrClN2/c12-10-5-7(13)1-4-9(10)11(6-14)15-8-2-3-8/h1,4-5,8,11,15H,2-3H2. The first-order valence-electron chi connectivity index (χ1n) is 4.81. The Morgan fingerprint density at radius 1 is 1.53 bits per heavy atom. The molecule has 78 valence electrons. The first-order valence-corrected chi connectivity index (χ1v) is 5.98. The van der Waals surface area contributed by atoms with Gasteiger partial charge in [0.15, 0.2) is 0 Å². The van der Waals surface area contributed by atoms with Crippen molar-refractivity contribution in [1.29, 1.82) is 5.26 Å². The lowest BCUT2D eigenvalue weighted by Gasteiger charge is -2.12. The van der Waals surface area contributed by atoms with Crippen molar-refractivity contribution in [2.45, 2.75) is 24.9 Å². The summed E-state index contributed by atoms with van der Waals surface area (Å²) in [6.07, 6.45) is 2.34. The van der Waals surface area contributed by atoms with Crippen LogP contribution in [0.25, 0.3) is 0 Å². The molecule has 0 amide bonds. The maximum absolute atomic E-state index is 9.08. The molecule has 4 heteroatoms. The Labute approximate surface area is 102 Å². The van der Waals surface area contributed by atoms with E-state index in [1.165, 1.54) is 12.8 Å². The zero-order valence-electron chi connectivity index (χ0n) is 8.00. The third-order valence-corrected chi connectivity index (χ3v) is 3.30. The Hall–Kier alpha value is -0.560. The molecule has 2 nitrogen and oxygen atoms in total. The Morgan fingerprint density at radius 3 is 2.80 bits per heavy atom. The molecule has 0 heterocycles. The van der Waals surface area contributed by atoms with Gasteiger partial charge in [0, 0.05) is 15.5 Å². The van der Waals surface area contributed by atoms with Crippen LogP contribution < -0.4 is 5.32 Å². The monoisotopic (exact) mass is 284 g/mol. The molecule has 1 unspecified atom stereocenters. The maximum Gasteiger partial charge on any atom is 0.122 e. The van der Waals surface area contributed by atoms with E-state index >= 15 is 0 Å². The molecule has 1 aromatic rings. The van der Waals surface area contributed by atoms with Crippen molar-refractivity contribution in [2.24, 2.45) is 0 Å². The van der Waals surface area contributed by atoms with E-state index in [0.717, 1.165) is 10.0 Å². The van der Waals surface area contributed by atoms with Crippen molar-refractivity contribution in [3.63, 3.8) is 0 Å². The minimum absolute atomic E-state index is 0.246. The van der Waals surface area contributed by atoms with Gasteiger partial charge in [-0.2, -0.15) is 5.26 Å². The van der Waals surface area contributed by atoms with Gasteiger partial charge in [-0.3, -0.25) is 5.32 Å². The van der Waals surface area contributed by atoms with Crippen LogP contribution in [-0.4, -0.2) is 6.04 Å². The SMILES string of the molecule is N#CC(NC1CC1)c1ccc(Cl)cc1Br. The van der Waals surface area contributed by atoms with E-state index in [1.54, 1.807) is 6.07 Å². The van der Waals surface area contributed by atoms with Gasteiger partial charge in [0.2, 0.25) is 0 Å². The molecule has 15 heavy (non-hydrogen) atoms. The highest BCUT2D eigenvalue weighted by Crippen LogP contribution is 2.29. The average molecular weight is 286 g/mol. The van der Waals surface area contributed by atoms with Crippen molar-refractivity contribution < 1.29 is 0 Å². The predicted octanol–water partition coefficient (Wildman–Crippen LogP) is 3.42. The van der Waals surface area contributed by atoms with Crippen molar-refractivity contribution in [3.05, 3.63) is 33.3 Å². The van der Waals surface area contributed by atoms with Gasteiger partial charge in [0.1, 0.15) is 6.04 Å². The Morgan fingerprint density at radius 2 is 2.27 bits per heavy atom. The van der Waals surface area contributed by atoms with E-state index in [-0.39, 0.29) is 6.04 Å². The largest absolute Gasteiger partial charge is 0.295 e. The number of hydrogen-bond donors (Lipinski definition) is 1. The van der Waals surface area contributed by atoms with Crippen LogP contribution in [0.4, 0.5) is 0 Å². The molecule has 1 atom stereocenters. The molecule has 1 aliphatic rings. The van der Waals surface area contributed by atoms with Gasteiger partial charge in [-0.1, -0.05) is 33.6 Å². The number of nitrogens with zero attached hydrogens (tertiary/aromatic N) is 1. The fourth-order valence-corrected chi connectivity index (χ4v) is 2.33. The number of nitrogens with one attached hydrogen (secondary N) is 1. The Kier molecular flexibility index (Phi) is 3.30. The number of nitriles is 1. The first kappa shape index (κ1) is 10.9. The van der Waals surface area contributed by atoms with Gasteiger partial charge in [-0.05, 0) is 30.5 Å². The van der Waals surface area contributed by atoms with Gasteiger partial charge in [-0.25, -0.2) is 0 Å². The fourth-order valence-electron chi connectivity index (χ4n) is 1.42. The van der Waals surface area contributed by atoms with Gasteiger partial charge < -0.3 is 0 Å². The minimum Gasteiger partial charge on any atom is -0.295 e. The summed E-state index contributed by atoms with van der Waals surface area (Å²) in [5, 5.41) is 13.0. The van der Waals surface area contributed by atoms with Crippen LogP contribution in [-0.2, 0) is 0 Å². The molecular weight excluding hydrogens is 275 g/mol. The van der Waals surface area contributed by atoms with E-state index in [9.17, 15) is 0 Å². The summed E-state index contributed by atoms with van der Waals surface area (Å²) in [5.41, 5.74) is 0.953. The van der Waals surface area contributed by atoms with Crippen molar-refractivity contribution >= 4 is 27.5 Å². The van der Waals surface area contributed by atoms with Crippen LogP contribution in [0, 0.1) is 11.3 Å². The van der Waals surface area contributed by atoms with E-state index < -0.39 is 0 Å². The molecule has 1 aromatic carbocycles. The first-order chi connectivity index (χ1) is 7.20. The second kappa shape index (κ2) is 4.52. The van der Waals surface area contributed by atoms with Gasteiger partial charge in [-0.15, -0.1) is 0 Å². The number of hydrogen-bond acceptors (Lipinski definition) is 2. The highest BCUT2D eigenvalue weighted by Gasteiger charge is 2.26. The van der Waals surface area contributed by atoms with Crippen LogP contribution in [0.15, 0.2) is 22.7 Å². The average Bonchev–Trinajstić information content (AvgIpc) is 2.99. The summed E-state index contributed by atoms with van der Waals surface area (Å²) < 4.78 is 0.884. The number of halogens is 2. The zero-order valence-corrected chi connectivity index (χ0v) is 10.3. The topological polar surface area (TPSA) is 35.8 Å². The van der Waals surface area contributed by atoms with Crippen LogP contribution in [0.2, 0.25) is 5.02 Å². The second-order valence-corrected chi connectivity index (χ2v) is 4.96. The minimum atomic E-state index is -0.246. The Balaban J connectivity index is 2.21. The third-order valence-electron chi connectivity index (χ3n) is 2.38. The molecular formula is C11H10BrClN2. The van der Waals surface area contributed by atoms with Gasteiger partial charge in [0.05, 0.1) is 6.07 Å². The van der Waals surface area contributed by atoms with Crippen molar-refractivity contribution in [1.82, 2.24) is 5.32 Å². The molecule has 0 aliphatic heterocycles. The second-order valence-electron chi connectivity index (χ2n) is 3.67. The molecule has 0 aromatic heterocycles. The Bertz CT molecular complexity index is 410. The van der Waals surface area contributed by atoms with Crippen LogP contribution in [0.1, 0.15) is 24.4 Å². The molecule has 2 rings (SSSR count). The summed E-state index contributed by atoms with van der Waals surface area (Å²) in [7, 11) is 0. The van der Waals surface area contributed by atoms with E-state index in [2.05, 4.69) is 27.3 Å². The zero-order chi connectivity index (χ0) is 10.8. The molecule has 0 saturated heterocycles. The molecule has 0 radical (unpaired) electrons. The predicted molar refractivity (Wildman–Crippen MR) is 63.7 cm³/mol. The van der Waals surface area contributed by atoms with Crippen LogP contribution in [0.3, 0.4) is 0 Å². The summed E-state index contributed by atoms with van der Waals surface area (Å²) in [4.78, 5) is 0. The van der Waals surface area contributed by atoms with E-state index in [0.29, 0.717) is 11.1 Å². The summed E-state index contributed by atoms with van der Waals surface area (Å²) in [5.74, 6) is 0. The molecule has 1 aliphatic carbocycles. The number of rotatable bonds is 3. The molecule has 1 N–H and O–H groups in total. The summed E-state index contributed by atoms with van der Waals surface area (Å²) >= 11 is 9.27. The lowest BCUT2D eigenvalue weighted by molar-refractivity contribution is 0.624. The molecule has 1 fully saturated rings. The van der Waals surface area contributed by atoms with E-state index in [4.69, 9.17) is 16.9 Å². The molecule has 0 spiro atoms. The highest BCUT2D eigenvalue weighted by molar-refractivity contribution is 9.10. The quantitative estimate of drug-likeness (QED) is 0.923. The lowest BCUT2D eigenvalue weighted by atomic mass is 10.1. The van der Waals surface area contributed by atoms with Gasteiger partial charge >= 0.3 is 0 Å². The third kappa shape index (κ3) is 2.72. The smallest absolute Gasteiger partial charge is 0.122 e.